The highest BCUT2D eigenvalue weighted by atomic mass is 35.5. The van der Waals surface area contributed by atoms with E-state index >= 15 is 0 Å². The van der Waals surface area contributed by atoms with Crippen molar-refractivity contribution in [1.29, 1.82) is 0 Å². The quantitative estimate of drug-likeness (QED) is 0.783. The standard InChI is InChI=1S/C9H5ClFNOS/c10-8-5-14-9(12-8)13-7-3-1-6(11)2-4-7/h1-5H. The zero-order valence-electron chi connectivity index (χ0n) is 6.91. The largest absolute Gasteiger partial charge is 0.431 e. The number of rotatable bonds is 2. The molecule has 2 nitrogen and oxygen atoms in total. The van der Waals surface area contributed by atoms with Crippen molar-refractivity contribution in [3.8, 4) is 10.9 Å². The number of benzene rings is 1. The van der Waals surface area contributed by atoms with Gasteiger partial charge >= 0.3 is 0 Å². The van der Waals surface area contributed by atoms with Crippen LogP contribution in [0.5, 0.6) is 10.9 Å². The molecule has 1 aromatic carbocycles. The van der Waals surface area contributed by atoms with E-state index in [4.69, 9.17) is 16.3 Å². The molecule has 2 aromatic rings. The summed E-state index contributed by atoms with van der Waals surface area (Å²) in [6.07, 6.45) is 0. The van der Waals surface area contributed by atoms with E-state index in [1.807, 2.05) is 0 Å². The predicted octanol–water partition coefficient (Wildman–Crippen LogP) is 3.73. The fraction of sp³-hybridized carbons (Fsp3) is 0. The average Bonchev–Trinajstić information content (AvgIpc) is 2.56. The van der Waals surface area contributed by atoms with Crippen LogP contribution in [0.25, 0.3) is 0 Å². The van der Waals surface area contributed by atoms with Gasteiger partial charge in [0.15, 0.2) is 0 Å². The first-order valence-corrected chi connectivity index (χ1v) is 5.04. The Morgan fingerprint density at radius 1 is 1.29 bits per heavy atom. The Hall–Kier alpha value is -1.13. The van der Waals surface area contributed by atoms with Crippen LogP contribution in [0.1, 0.15) is 0 Å². The minimum absolute atomic E-state index is 0.297. The van der Waals surface area contributed by atoms with Gasteiger partial charge in [0, 0.05) is 5.38 Å². The molecular weight excluding hydrogens is 225 g/mol. The highest BCUT2D eigenvalue weighted by molar-refractivity contribution is 7.11. The maximum atomic E-state index is 12.5. The van der Waals surface area contributed by atoms with E-state index in [2.05, 4.69) is 4.98 Å². The van der Waals surface area contributed by atoms with Crippen molar-refractivity contribution in [2.75, 3.05) is 0 Å². The van der Waals surface area contributed by atoms with Crippen LogP contribution in [-0.2, 0) is 0 Å². The van der Waals surface area contributed by atoms with Crippen LogP contribution < -0.4 is 4.74 Å². The van der Waals surface area contributed by atoms with Crippen molar-refractivity contribution in [1.82, 2.24) is 4.98 Å². The molecule has 2 rings (SSSR count). The van der Waals surface area contributed by atoms with E-state index in [-0.39, 0.29) is 5.82 Å². The van der Waals surface area contributed by atoms with Crippen molar-refractivity contribution in [2.24, 2.45) is 0 Å². The van der Waals surface area contributed by atoms with Crippen LogP contribution >= 0.6 is 22.9 Å². The number of hydrogen-bond acceptors (Lipinski definition) is 3. The summed E-state index contributed by atoms with van der Waals surface area (Å²) in [5.41, 5.74) is 0. The molecule has 0 bridgehead atoms. The number of hydrogen-bond donors (Lipinski definition) is 0. The molecule has 0 saturated heterocycles. The summed E-state index contributed by atoms with van der Waals surface area (Å²) >= 11 is 6.90. The fourth-order valence-electron chi connectivity index (χ4n) is 0.889. The zero-order chi connectivity index (χ0) is 9.97. The van der Waals surface area contributed by atoms with E-state index < -0.39 is 0 Å². The molecule has 0 aliphatic heterocycles. The van der Waals surface area contributed by atoms with Gasteiger partial charge in [0.05, 0.1) is 0 Å². The van der Waals surface area contributed by atoms with Crippen molar-refractivity contribution in [3.63, 3.8) is 0 Å². The summed E-state index contributed by atoms with van der Waals surface area (Å²) in [7, 11) is 0. The molecule has 5 heteroatoms. The molecule has 0 N–H and O–H groups in total. The van der Waals surface area contributed by atoms with Gasteiger partial charge in [-0.2, -0.15) is 4.98 Å². The first kappa shape index (κ1) is 9.43. The smallest absolute Gasteiger partial charge is 0.280 e. The molecule has 0 fully saturated rings. The lowest BCUT2D eigenvalue weighted by molar-refractivity contribution is 0.477. The van der Waals surface area contributed by atoms with Crippen molar-refractivity contribution in [3.05, 3.63) is 40.6 Å². The normalized spacial score (nSPS) is 10.1. The summed E-state index contributed by atoms with van der Waals surface area (Å²) in [5.74, 6) is 0.243. The van der Waals surface area contributed by atoms with Crippen molar-refractivity contribution >= 4 is 22.9 Å². The molecule has 1 heterocycles. The average molecular weight is 230 g/mol. The van der Waals surface area contributed by atoms with Crippen molar-refractivity contribution < 1.29 is 9.13 Å². The molecule has 0 saturated carbocycles. The van der Waals surface area contributed by atoms with Crippen LogP contribution in [0.3, 0.4) is 0 Å². The monoisotopic (exact) mass is 229 g/mol. The van der Waals surface area contributed by atoms with Crippen LogP contribution in [0.15, 0.2) is 29.6 Å². The van der Waals surface area contributed by atoms with Gasteiger partial charge in [0.1, 0.15) is 16.7 Å². The highest BCUT2D eigenvalue weighted by Crippen LogP contribution is 2.26. The number of thiazole rings is 1. The number of nitrogens with zero attached hydrogens (tertiary/aromatic N) is 1. The summed E-state index contributed by atoms with van der Waals surface area (Å²) in [5, 5.41) is 2.51. The van der Waals surface area contributed by atoms with Crippen LogP contribution in [0, 0.1) is 5.82 Å². The van der Waals surface area contributed by atoms with Gasteiger partial charge in [0.2, 0.25) is 0 Å². The molecule has 0 spiro atoms. The minimum Gasteiger partial charge on any atom is -0.431 e. The summed E-state index contributed by atoms with van der Waals surface area (Å²) in [4.78, 5) is 3.90. The third-order valence-electron chi connectivity index (χ3n) is 1.47. The molecule has 0 amide bonds. The van der Waals surface area contributed by atoms with Crippen LogP contribution in [0.4, 0.5) is 4.39 Å². The Balaban J connectivity index is 2.15. The number of halogens is 2. The highest BCUT2D eigenvalue weighted by Gasteiger charge is 2.02. The van der Waals surface area contributed by atoms with E-state index in [0.717, 1.165) is 0 Å². The number of ether oxygens (including phenoxy) is 1. The van der Waals surface area contributed by atoms with Gasteiger partial charge in [-0.1, -0.05) is 22.9 Å². The Kier molecular flexibility index (Phi) is 2.65. The molecule has 0 aliphatic carbocycles. The number of aromatic nitrogens is 1. The second-order valence-corrected chi connectivity index (χ2v) is 3.70. The topological polar surface area (TPSA) is 22.1 Å². The predicted molar refractivity (Wildman–Crippen MR) is 53.6 cm³/mol. The molecule has 0 atom stereocenters. The third-order valence-corrected chi connectivity index (χ3v) is 2.51. The maximum absolute atomic E-state index is 12.5. The van der Waals surface area contributed by atoms with Gasteiger partial charge in [-0.05, 0) is 24.3 Å². The molecule has 14 heavy (non-hydrogen) atoms. The molecule has 1 aromatic heterocycles. The van der Waals surface area contributed by atoms with E-state index in [1.165, 1.54) is 35.6 Å². The Bertz CT molecular complexity index is 429. The van der Waals surface area contributed by atoms with Gasteiger partial charge in [-0.25, -0.2) is 4.39 Å². The lowest BCUT2D eigenvalue weighted by Gasteiger charge is -1.99. The second kappa shape index (κ2) is 3.94. The summed E-state index contributed by atoms with van der Waals surface area (Å²) < 4.78 is 17.9. The third kappa shape index (κ3) is 2.21. The van der Waals surface area contributed by atoms with Gasteiger partial charge in [-0.3, -0.25) is 0 Å². The zero-order valence-corrected chi connectivity index (χ0v) is 8.48. The first-order chi connectivity index (χ1) is 6.74. The van der Waals surface area contributed by atoms with Crippen molar-refractivity contribution in [2.45, 2.75) is 0 Å². The Morgan fingerprint density at radius 3 is 2.57 bits per heavy atom. The molecule has 0 aliphatic rings. The van der Waals surface area contributed by atoms with Gasteiger partial charge in [0.25, 0.3) is 5.19 Å². The van der Waals surface area contributed by atoms with Gasteiger partial charge < -0.3 is 4.74 Å². The second-order valence-electron chi connectivity index (χ2n) is 2.49. The first-order valence-electron chi connectivity index (χ1n) is 3.78. The molecule has 0 radical (unpaired) electrons. The SMILES string of the molecule is Fc1ccc(Oc2nc(Cl)cs2)cc1. The van der Waals surface area contributed by atoms with Crippen LogP contribution in [0.2, 0.25) is 5.15 Å². The minimum atomic E-state index is -0.297. The van der Waals surface area contributed by atoms with E-state index in [0.29, 0.717) is 16.1 Å². The fourth-order valence-corrected chi connectivity index (χ4v) is 1.70. The Labute approximate surface area is 88.9 Å². The molecule has 0 unspecified atom stereocenters. The maximum Gasteiger partial charge on any atom is 0.280 e. The van der Waals surface area contributed by atoms with E-state index in [1.54, 1.807) is 5.38 Å². The lowest BCUT2D eigenvalue weighted by Crippen LogP contribution is -1.82. The van der Waals surface area contributed by atoms with Gasteiger partial charge in [-0.15, -0.1) is 0 Å². The summed E-state index contributed by atoms with van der Waals surface area (Å²) in [6, 6.07) is 5.71. The molecule has 72 valence electrons. The van der Waals surface area contributed by atoms with Crippen LogP contribution in [-0.4, -0.2) is 4.98 Å². The van der Waals surface area contributed by atoms with E-state index in [9.17, 15) is 4.39 Å². The Morgan fingerprint density at radius 2 is 2.00 bits per heavy atom. The summed E-state index contributed by atoms with van der Waals surface area (Å²) in [6.45, 7) is 0. The lowest BCUT2D eigenvalue weighted by atomic mass is 10.3. The molecular formula is C9H5ClFNOS.